The van der Waals surface area contributed by atoms with Gasteiger partial charge in [-0.25, -0.2) is 9.67 Å². The predicted molar refractivity (Wildman–Crippen MR) is 76.8 cm³/mol. The lowest BCUT2D eigenvalue weighted by atomic mass is 10.2. The number of hydrogen-bond acceptors (Lipinski definition) is 2. The normalized spacial score (nSPS) is 10.6. The summed E-state index contributed by atoms with van der Waals surface area (Å²) in [7, 11) is 0. The fourth-order valence-electron chi connectivity index (χ4n) is 1.84. The molecule has 0 unspecified atom stereocenters. The zero-order valence-corrected chi connectivity index (χ0v) is 11.3. The van der Waals surface area contributed by atoms with Gasteiger partial charge in [0.1, 0.15) is 6.33 Å². The lowest BCUT2D eigenvalue weighted by Gasteiger charge is -2.07. The van der Waals surface area contributed by atoms with Crippen molar-refractivity contribution in [3.8, 4) is 17.1 Å². The average molecular weight is 290 g/mol. The molecule has 0 amide bonds. The molecule has 0 fully saturated rings. The summed E-state index contributed by atoms with van der Waals surface area (Å²) in [5.41, 5.74) is 1.73. The van der Waals surface area contributed by atoms with Gasteiger partial charge in [-0.2, -0.15) is 5.10 Å². The lowest BCUT2D eigenvalue weighted by molar-refractivity contribution is 0.887. The standard InChI is InChI=1S/C14H9Cl2N3/c15-11-7-5-10(6-8-11)14-17-9-18-19(14)13-4-2-1-3-12(13)16/h1-9H. The molecular formula is C14H9Cl2N3. The first-order valence-electron chi connectivity index (χ1n) is 5.66. The molecule has 0 bridgehead atoms. The monoisotopic (exact) mass is 289 g/mol. The van der Waals surface area contributed by atoms with Gasteiger partial charge in [0.25, 0.3) is 0 Å². The van der Waals surface area contributed by atoms with E-state index in [9.17, 15) is 0 Å². The van der Waals surface area contributed by atoms with Gasteiger partial charge in [0, 0.05) is 10.6 Å². The molecule has 0 atom stereocenters. The van der Waals surface area contributed by atoms with Gasteiger partial charge in [0.15, 0.2) is 5.82 Å². The molecule has 0 aliphatic carbocycles. The van der Waals surface area contributed by atoms with Crippen LogP contribution >= 0.6 is 23.2 Å². The van der Waals surface area contributed by atoms with Crippen molar-refractivity contribution < 1.29 is 0 Å². The van der Waals surface area contributed by atoms with E-state index in [4.69, 9.17) is 23.2 Å². The minimum atomic E-state index is 0.628. The SMILES string of the molecule is Clc1ccc(-c2ncnn2-c2ccccc2Cl)cc1. The Morgan fingerprint density at radius 2 is 1.63 bits per heavy atom. The summed E-state index contributed by atoms with van der Waals surface area (Å²) in [4.78, 5) is 4.28. The highest BCUT2D eigenvalue weighted by Gasteiger charge is 2.11. The predicted octanol–water partition coefficient (Wildman–Crippen LogP) is 4.24. The second-order valence-electron chi connectivity index (χ2n) is 3.95. The Labute approximate surface area is 120 Å². The first-order valence-corrected chi connectivity index (χ1v) is 6.42. The average Bonchev–Trinajstić information content (AvgIpc) is 2.89. The highest BCUT2D eigenvalue weighted by molar-refractivity contribution is 6.32. The van der Waals surface area contributed by atoms with Gasteiger partial charge < -0.3 is 0 Å². The zero-order valence-electron chi connectivity index (χ0n) is 9.79. The second kappa shape index (κ2) is 5.03. The van der Waals surface area contributed by atoms with Crippen molar-refractivity contribution >= 4 is 23.2 Å². The Balaban J connectivity index is 2.13. The summed E-state index contributed by atoms with van der Waals surface area (Å²) < 4.78 is 1.71. The summed E-state index contributed by atoms with van der Waals surface area (Å²) in [6.07, 6.45) is 1.51. The van der Waals surface area contributed by atoms with Crippen molar-refractivity contribution in [2.45, 2.75) is 0 Å². The van der Waals surface area contributed by atoms with Crippen molar-refractivity contribution in [2.24, 2.45) is 0 Å². The van der Waals surface area contributed by atoms with Crippen LogP contribution in [0.5, 0.6) is 0 Å². The molecule has 0 N–H and O–H groups in total. The van der Waals surface area contributed by atoms with Gasteiger partial charge in [-0.3, -0.25) is 0 Å². The topological polar surface area (TPSA) is 30.7 Å². The van der Waals surface area contributed by atoms with E-state index < -0.39 is 0 Å². The Morgan fingerprint density at radius 3 is 2.37 bits per heavy atom. The van der Waals surface area contributed by atoms with Crippen LogP contribution in [0.15, 0.2) is 54.9 Å². The molecule has 19 heavy (non-hydrogen) atoms. The first kappa shape index (κ1) is 12.2. The van der Waals surface area contributed by atoms with Crippen molar-refractivity contribution in [3.63, 3.8) is 0 Å². The van der Waals surface area contributed by atoms with Crippen molar-refractivity contribution in [3.05, 3.63) is 64.9 Å². The summed E-state index contributed by atoms with van der Waals surface area (Å²) in [6.45, 7) is 0. The summed E-state index contributed by atoms with van der Waals surface area (Å²) in [5, 5.41) is 5.55. The molecule has 0 spiro atoms. The number of rotatable bonds is 2. The Hall–Kier alpha value is -1.84. The molecular weight excluding hydrogens is 281 g/mol. The molecule has 1 heterocycles. The molecule has 3 rings (SSSR count). The van der Waals surface area contributed by atoms with Crippen LogP contribution in [0.3, 0.4) is 0 Å². The number of benzene rings is 2. The fraction of sp³-hybridized carbons (Fsp3) is 0. The van der Waals surface area contributed by atoms with Gasteiger partial charge in [-0.1, -0.05) is 35.3 Å². The summed E-state index contributed by atoms with van der Waals surface area (Å²) >= 11 is 12.1. The quantitative estimate of drug-likeness (QED) is 0.706. The van der Waals surface area contributed by atoms with Crippen LogP contribution in [0.2, 0.25) is 10.0 Å². The fourth-order valence-corrected chi connectivity index (χ4v) is 2.18. The van der Waals surface area contributed by atoms with Crippen LogP contribution in [0, 0.1) is 0 Å². The molecule has 3 aromatic rings. The molecule has 3 nitrogen and oxygen atoms in total. The van der Waals surface area contributed by atoms with Crippen molar-refractivity contribution in [1.82, 2.24) is 14.8 Å². The van der Waals surface area contributed by atoms with Gasteiger partial charge in [-0.15, -0.1) is 0 Å². The van der Waals surface area contributed by atoms with E-state index in [-0.39, 0.29) is 0 Å². The maximum atomic E-state index is 6.19. The maximum Gasteiger partial charge on any atom is 0.163 e. The third kappa shape index (κ3) is 2.35. The highest BCUT2D eigenvalue weighted by Crippen LogP contribution is 2.25. The highest BCUT2D eigenvalue weighted by atomic mass is 35.5. The molecule has 5 heteroatoms. The Kier molecular flexibility index (Phi) is 3.23. The van der Waals surface area contributed by atoms with Crippen LogP contribution in [0.25, 0.3) is 17.1 Å². The molecule has 94 valence electrons. The van der Waals surface area contributed by atoms with Crippen molar-refractivity contribution in [1.29, 1.82) is 0 Å². The van der Waals surface area contributed by atoms with Gasteiger partial charge in [0.2, 0.25) is 0 Å². The third-order valence-corrected chi connectivity index (χ3v) is 3.30. The van der Waals surface area contributed by atoms with Crippen molar-refractivity contribution in [2.75, 3.05) is 0 Å². The van der Waals surface area contributed by atoms with Crippen LogP contribution < -0.4 is 0 Å². The Bertz CT molecular complexity index is 705. The van der Waals surface area contributed by atoms with E-state index in [0.29, 0.717) is 10.0 Å². The van der Waals surface area contributed by atoms with E-state index in [1.54, 1.807) is 4.68 Å². The Morgan fingerprint density at radius 1 is 0.895 bits per heavy atom. The minimum absolute atomic E-state index is 0.628. The van der Waals surface area contributed by atoms with E-state index in [2.05, 4.69) is 10.1 Å². The molecule has 0 aliphatic rings. The van der Waals surface area contributed by atoms with E-state index in [1.165, 1.54) is 6.33 Å². The first-order chi connectivity index (χ1) is 9.25. The van der Waals surface area contributed by atoms with E-state index in [0.717, 1.165) is 17.1 Å². The number of hydrogen-bond donors (Lipinski definition) is 0. The van der Waals surface area contributed by atoms with Crippen LogP contribution in [0.1, 0.15) is 0 Å². The number of halogens is 2. The van der Waals surface area contributed by atoms with Gasteiger partial charge in [-0.05, 0) is 36.4 Å². The van der Waals surface area contributed by atoms with Gasteiger partial charge >= 0.3 is 0 Å². The molecule has 0 radical (unpaired) electrons. The number of aromatic nitrogens is 3. The smallest absolute Gasteiger partial charge is 0.163 e. The lowest BCUT2D eigenvalue weighted by Crippen LogP contribution is -2.00. The maximum absolute atomic E-state index is 6.19. The van der Waals surface area contributed by atoms with Crippen LogP contribution in [0.4, 0.5) is 0 Å². The van der Waals surface area contributed by atoms with E-state index in [1.807, 2.05) is 48.5 Å². The molecule has 0 saturated heterocycles. The molecule has 0 aliphatic heterocycles. The van der Waals surface area contributed by atoms with Gasteiger partial charge in [0.05, 0.1) is 10.7 Å². The van der Waals surface area contributed by atoms with Crippen LogP contribution in [-0.4, -0.2) is 14.8 Å². The second-order valence-corrected chi connectivity index (χ2v) is 4.80. The zero-order chi connectivity index (χ0) is 13.2. The molecule has 0 saturated carbocycles. The molecule has 1 aromatic heterocycles. The minimum Gasteiger partial charge on any atom is -0.215 e. The summed E-state index contributed by atoms with van der Waals surface area (Å²) in [6, 6.07) is 15.0. The van der Waals surface area contributed by atoms with E-state index >= 15 is 0 Å². The third-order valence-electron chi connectivity index (χ3n) is 2.73. The number of para-hydroxylation sites is 1. The molecule has 2 aromatic carbocycles. The summed E-state index contributed by atoms with van der Waals surface area (Å²) in [5.74, 6) is 0.727. The number of nitrogens with zero attached hydrogens (tertiary/aromatic N) is 3. The largest absolute Gasteiger partial charge is 0.215 e. The van der Waals surface area contributed by atoms with Crippen LogP contribution in [-0.2, 0) is 0 Å².